The standard InChI is InChI=1S/C21H15FN10/c1-10-8-32(9-27-10)14-2-3-25-20-18(14)28-21(29-20)19-15-13(30-31-19)7-26-17(16(15)22)11-4-12(23)6-24-5-11/h2-9H,23H2,1H3,(H,30,31)(H,25,28,29). The van der Waals surface area contributed by atoms with E-state index in [1.165, 1.54) is 18.6 Å². The van der Waals surface area contributed by atoms with E-state index in [4.69, 9.17) is 5.73 Å². The average molecular weight is 426 g/mol. The maximum absolute atomic E-state index is 15.6. The maximum Gasteiger partial charge on any atom is 0.161 e. The Morgan fingerprint density at radius 3 is 2.81 bits per heavy atom. The Balaban J connectivity index is 1.55. The number of nitrogen functional groups attached to an aromatic ring is 1. The van der Waals surface area contributed by atoms with E-state index in [-0.39, 0.29) is 11.1 Å². The Kier molecular flexibility index (Phi) is 3.78. The van der Waals surface area contributed by atoms with Crippen LogP contribution in [0.1, 0.15) is 5.69 Å². The van der Waals surface area contributed by atoms with Crippen molar-refractivity contribution in [3.05, 3.63) is 61.0 Å². The summed E-state index contributed by atoms with van der Waals surface area (Å²) in [5.74, 6) is -0.165. The van der Waals surface area contributed by atoms with Gasteiger partial charge in [-0.1, -0.05) is 0 Å². The van der Waals surface area contributed by atoms with Gasteiger partial charge < -0.3 is 15.3 Å². The molecule has 0 aromatic carbocycles. The smallest absolute Gasteiger partial charge is 0.161 e. The molecule has 0 saturated carbocycles. The van der Waals surface area contributed by atoms with Gasteiger partial charge in [0.1, 0.15) is 16.9 Å². The summed E-state index contributed by atoms with van der Waals surface area (Å²) in [6.45, 7) is 1.91. The highest BCUT2D eigenvalue weighted by atomic mass is 19.1. The number of hydrogen-bond acceptors (Lipinski definition) is 7. The molecule has 0 fully saturated rings. The first-order valence-corrected chi connectivity index (χ1v) is 9.68. The van der Waals surface area contributed by atoms with Crippen LogP contribution in [0.25, 0.3) is 50.5 Å². The monoisotopic (exact) mass is 426 g/mol. The molecule has 11 heteroatoms. The summed E-state index contributed by atoms with van der Waals surface area (Å²) in [6, 6.07) is 3.46. The van der Waals surface area contributed by atoms with E-state index in [1.54, 1.807) is 18.6 Å². The van der Waals surface area contributed by atoms with Gasteiger partial charge in [0.2, 0.25) is 0 Å². The Hall–Kier alpha value is -4.67. The lowest BCUT2D eigenvalue weighted by Crippen LogP contribution is -1.94. The number of nitrogens with one attached hydrogen (secondary N) is 2. The van der Waals surface area contributed by atoms with Crippen LogP contribution < -0.4 is 5.73 Å². The van der Waals surface area contributed by atoms with Crippen LogP contribution in [0.2, 0.25) is 0 Å². The van der Waals surface area contributed by atoms with E-state index in [9.17, 15) is 0 Å². The fourth-order valence-corrected chi connectivity index (χ4v) is 3.71. The zero-order valence-electron chi connectivity index (χ0n) is 16.7. The third-order valence-corrected chi connectivity index (χ3v) is 5.15. The van der Waals surface area contributed by atoms with Crippen LogP contribution >= 0.6 is 0 Å². The number of imidazole rings is 2. The molecule has 6 aromatic rings. The number of aromatic nitrogens is 9. The van der Waals surface area contributed by atoms with E-state index in [0.29, 0.717) is 39.4 Å². The lowest BCUT2D eigenvalue weighted by atomic mass is 10.1. The van der Waals surface area contributed by atoms with Crippen molar-refractivity contribution in [2.45, 2.75) is 6.92 Å². The molecule has 4 N–H and O–H groups in total. The van der Waals surface area contributed by atoms with Gasteiger partial charge in [-0.2, -0.15) is 5.10 Å². The zero-order chi connectivity index (χ0) is 21.8. The van der Waals surface area contributed by atoms with Gasteiger partial charge in [-0.15, -0.1) is 0 Å². The summed E-state index contributed by atoms with van der Waals surface area (Å²) >= 11 is 0. The highest BCUT2D eigenvalue weighted by Crippen LogP contribution is 2.33. The van der Waals surface area contributed by atoms with Crippen LogP contribution in [0.3, 0.4) is 0 Å². The fraction of sp³-hybridized carbons (Fsp3) is 0.0476. The second-order valence-electron chi connectivity index (χ2n) is 7.32. The van der Waals surface area contributed by atoms with Crippen molar-refractivity contribution in [2.24, 2.45) is 0 Å². The van der Waals surface area contributed by atoms with Gasteiger partial charge in [0.25, 0.3) is 0 Å². The van der Waals surface area contributed by atoms with Gasteiger partial charge in [-0.25, -0.2) is 19.3 Å². The summed E-state index contributed by atoms with van der Waals surface area (Å²) in [6.07, 6.45) is 9.80. The molecule has 0 aliphatic rings. The summed E-state index contributed by atoms with van der Waals surface area (Å²) in [7, 11) is 0. The topological polar surface area (TPSA) is 140 Å². The molecule has 0 radical (unpaired) electrons. The largest absolute Gasteiger partial charge is 0.397 e. The predicted octanol–water partition coefficient (Wildman–Crippen LogP) is 3.17. The number of nitrogens with two attached hydrogens (primary N) is 1. The van der Waals surface area contributed by atoms with Gasteiger partial charge in [0.15, 0.2) is 17.3 Å². The fourth-order valence-electron chi connectivity index (χ4n) is 3.71. The highest BCUT2D eigenvalue weighted by Gasteiger charge is 2.21. The number of rotatable bonds is 3. The lowest BCUT2D eigenvalue weighted by molar-refractivity contribution is 0.638. The minimum Gasteiger partial charge on any atom is -0.397 e. The van der Waals surface area contributed by atoms with Gasteiger partial charge in [-0.3, -0.25) is 15.1 Å². The van der Waals surface area contributed by atoms with Crippen molar-refractivity contribution in [1.29, 1.82) is 0 Å². The van der Waals surface area contributed by atoms with Gasteiger partial charge in [-0.05, 0) is 19.1 Å². The van der Waals surface area contributed by atoms with Crippen LogP contribution in [0.5, 0.6) is 0 Å². The molecule has 6 aromatic heterocycles. The van der Waals surface area contributed by atoms with Crippen molar-refractivity contribution in [2.75, 3.05) is 5.73 Å². The molecule has 0 amide bonds. The molecule has 0 unspecified atom stereocenters. The first-order chi connectivity index (χ1) is 15.6. The lowest BCUT2D eigenvalue weighted by Gasteiger charge is -2.04. The molecule has 0 saturated heterocycles. The van der Waals surface area contributed by atoms with E-state index in [1.807, 2.05) is 23.8 Å². The third-order valence-electron chi connectivity index (χ3n) is 5.15. The number of anilines is 1. The predicted molar refractivity (Wildman–Crippen MR) is 116 cm³/mol. The molecule has 156 valence electrons. The van der Waals surface area contributed by atoms with E-state index in [0.717, 1.165) is 11.4 Å². The van der Waals surface area contributed by atoms with E-state index >= 15 is 4.39 Å². The van der Waals surface area contributed by atoms with Crippen LogP contribution in [-0.4, -0.2) is 44.7 Å². The number of aryl methyl sites for hydroxylation is 1. The molecule has 32 heavy (non-hydrogen) atoms. The second-order valence-corrected chi connectivity index (χ2v) is 7.32. The number of fused-ring (bicyclic) bond motifs is 2. The SMILES string of the molecule is Cc1cn(-c2ccnc3[nH]c(-c4n[nH]c5cnc(-c6cncc(N)c6)c(F)c45)nc23)cn1. The summed E-state index contributed by atoms with van der Waals surface area (Å²) < 4.78 is 17.5. The molecule has 0 atom stereocenters. The average Bonchev–Trinajstić information content (AvgIpc) is 3.51. The Bertz CT molecular complexity index is 1630. The van der Waals surface area contributed by atoms with Gasteiger partial charge in [0, 0.05) is 30.4 Å². The van der Waals surface area contributed by atoms with Gasteiger partial charge >= 0.3 is 0 Å². The quantitative estimate of drug-likeness (QED) is 0.395. The molecule has 0 aliphatic heterocycles. The second kappa shape index (κ2) is 6.67. The molecule has 6 heterocycles. The Morgan fingerprint density at radius 1 is 1.09 bits per heavy atom. The first kappa shape index (κ1) is 18.1. The number of hydrogen-bond donors (Lipinski definition) is 3. The zero-order valence-corrected chi connectivity index (χ0v) is 16.7. The molecule has 0 bridgehead atoms. The normalized spacial score (nSPS) is 11.6. The van der Waals surface area contributed by atoms with Crippen molar-refractivity contribution >= 4 is 27.8 Å². The molecule has 0 spiro atoms. The summed E-state index contributed by atoms with van der Waals surface area (Å²) in [5.41, 5.74) is 10.4. The van der Waals surface area contributed by atoms with Crippen molar-refractivity contribution < 1.29 is 4.39 Å². The number of pyridine rings is 3. The molecule has 0 aliphatic carbocycles. The van der Waals surface area contributed by atoms with E-state index < -0.39 is 5.82 Å². The molecule has 6 rings (SSSR count). The van der Waals surface area contributed by atoms with Crippen molar-refractivity contribution in [1.82, 2.24) is 44.7 Å². The number of nitrogens with zero attached hydrogens (tertiary/aromatic N) is 7. The Labute approximate surface area is 179 Å². The molecule has 10 nitrogen and oxygen atoms in total. The van der Waals surface area contributed by atoms with Crippen molar-refractivity contribution in [3.63, 3.8) is 0 Å². The molecular formula is C21H15FN10. The number of H-pyrrole nitrogens is 2. The number of halogens is 1. The van der Waals surface area contributed by atoms with Crippen LogP contribution in [0.4, 0.5) is 10.1 Å². The minimum atomic E-state index is -0.544. The third kappa shape index (κ3) is 2.71. The summed E-state index contributed by atoms with van der Waals surface area (Å²) in [4.78, 5) is 24.7. The number of aromatic amines is 2. The highest BCUT2D eigenvalue weighted by molar-refractivity contribution is 5.95. The van der Waals surface area contributed by atoms with E-state index in [2.05, 4.69) is 40.1 Å². The van der Waals surface area contributed by atoms with Crippen molar-refractivity contribution in [3.8, 4) is 28.5 Å². The van der Waals surface area contributed by atoms with Crippen LogP contribution in [-0.2, 0) is 0 Å². The minimum absolute atomic E-state index is 0.128. The summed E-state index contributed by atoms with van der Waals surface area (Å²) in [5, 5.41) is 7.38. The maximum atomic E-state index is 15.6. The molecular weight excluding hydrogens is 411 g/mol. The van der Waals surface area contributed by atoms with Crippen LogP contribution in [0.15, 0.2) is 49.4 Å². The van der Waals surface area contributed by atoms with Crippen LogP contribution in [0, 0.1) is 12.7 Å². The Morgan fingerprint density at radius 2 is 2.00 bits per heavy atom. The first-order valence-electron chi connectivity index (χ1n) is 9.68. The van der Waals surface area contributed by atoms with Gasteiger partial charge in [0.05, 0.1) is 40.5 Å².